The molecule has 0 unspecified atom stereocenters. The van der Waals surface area contributed by atoms with Crippen LogP contribution in [0.15, 0.2) is 23.6 Å². The Balaban J connectivity index is 2.15. The predicted molar refractivity (Wildman–Crippen MR) is 109 cm³/mol. The van der Waals surface area contributed by atoms with Gasteiger partial charge >= 0.3 is 5.97 Å². The molecule has 2 rings (SSSR count). The van der Waals surface area contributed by atoms with E-state index in [0.29, 0.717) is 5.56 Å². The minimum absolute atomic E-state index is 0.0505. The number of esters is 1. The van der Waals surface area contributed by atoms with E-state index in [1.807, 2.05) is 59.1 Å². The Morgan fingerprint density at radius 2 is 1.78 bits per heavy atom. The molecule has 2 heterocycles. The number of hydrogen-bond donors (Lipinski definition) is 0. The molecule has 0 aromatic carbocycles. The number of aryl methyl sites for hydroxylation is 1. The Kier molecular flexibility index (Phi) is 6.87. The summed E-state index contributed by atoms with van der Waals surface area (Å²) in [5.74, 6) is -0.616. The highest BCUT2D eigenvalue weighted by Gasteiger charge is 2.29. The van der Waals surface area contributed by atoms with Crippen LogP contribution in [0.5, 0.6) is 0 Å². The third-order valence-corrected chi connectivity index (χ3v) is 5.55. The number of hydrogen-bond acceptors (Lipinski definition) is 4. The topological polar surface area (TPSA) is 51.5 Å². The van der Waals surface area contributed by atoms with Crippen LogP contribution in [0.25, 0.3) is 0 Å². The zero-order valence-corrected chi connectivity index (χ0v) is 18.1. The van der Waals surface area contributed by atoms with Crippen molar-refractivity contribution in [3.63, 3.8) is 0 Å². The highest BCUT2D eigenvalue weighted by Crippen LogP contribution is 2.21. The first-order valence-corrected chi connectivity index (χ1v) is 10.2. The molecule has 0 N–H and O–H groups in total. The van der Waals surface area contributed by atoms with E-state index < -0.39 is 12.1 Å². The minimum Gasteiger partial charge on any atom is -0.449 e. The Hall–Kier alpha value is -2.08. The maximum absolute atomic E-state index is 12.7. The quantitative estimate of drug-likeness (QED) is 0.658. The van der Waals surface area contributed by atoms with Crippen LogP contribution < -0.4 is 0 Å². The first-order valence-electron chi connectivity index (χ1n) is 9.35. The average molecular weight is 391 g/mol. The van der Waals surface area contributed by atoms with Gasteiger partial charge in [0.2, 0.25) is 0 Å². The zero-order valence-electron chi connectivity index (χ0n) is 17.3. The molecule has 1 amide bonds. The fourth-order valence-electron chi connectivity index (χ4n) is 3.40. The molecule has 0 aliphatic heterocycles. The fourth-order valence-corrected chi connectivity index (χ4v) is 4.09. The molecule has 27 heavy (non-hydrogen) atoms. The molecule has 2 aromatic rings. The normalized spacial score (nSPS) is 12.5. The number of nitrogens with zero attached hydrogens (tertiary/aromatic N) is 2. The molecule has 0 bridgehead atoms. The van der Waals surface area contributed by atoms with Crippen molar-refractivity contribution < 1.29 is 14.3 Å². The van der Waals surface area contributed by atoms with Gasteiger partial charge in [0.25, 0.3) is 5.91 Å². The van der Waals surface area contributed by atoms with Gasteiger partial charge in [-0.2, -0.15) is 0 Å². The second kappa shape index (κ2) is 8.74. The van der Waals surface area contributed by atoms with Crippen LogP contribution in [-0.2, 0) is 16.1 Å². The Morgan fingerprint density at radius 1 is 1.15 bits per heavy atom. The summed E-state index contributed by atoms with van der Waals surface area (Å²) in [5.41, 5.74) is 2.37. The number of aromatic nitrogens is 1. The largest absolute Gasteiger partial charge is 0.449 e. The maximum atomic E-state index is 12.7. The smallest absolute Gasteiger partial charge is 0.340 e. The molecular weight excluding hydrogens is 360 g/mol. The van der Waals surface area contributed by atoms with Crippen LogP contribution >= 0.6 is 11.3 Å². The van der Waals surface area contributed by atoms with E-state index in [9.17, 15) is 9.59 Å². The minimum atomic E-state index is -0.817. The average Bonchev–Trinajstić information content (AvgIpc) is 3.17. The summed E-state index contributed by atoms with van der Waals surface area (Å²) in [7, 11) is 0. The highest BCUT2D eigenvalue weighted by atomic mass is 32.1. The number of carbonyl (C=O) groups excluding carboxylic acids is 2. The summed E-state index contributed by atoms with van der Waals surface area (Å²) in [6.45, 7) is 14.1. The summed E-state index contributed by atoms with van der Waals surface area (Å²) < 4.78 is 7.62. The van der Waals surface area contributed by atoms with Gasteiger partial charge in [0.1, 0.15) is 0 Å². The summed E-state index contributed by atoms with van der Waals surface area (Å²) in [6, 6.07) is 6.04. The van der Waals surface area contributed by atoms with Gasteiger partial charge < -0.3 is 14.2 Å². The lowest BCUT2D eigenvalue weighted by Gasteiger charge is -2.32. The number of amides is 1. The summed E-state index contributed by atoms with van der Waals surface area (Å²) in [5, 5.41) is 2.04. The SMILES string of the molecule is Cc1cc(C(=O)O[C@@H](C)C(=O)N(C(C)C)C(C)C)c(C)n1Cc1cccs1. The molecule has 0 spiro atoms. The molecule has 2 aromatic heterocycles. The van der Waals surface area contributed by atoms with Gasteiger partial charge in [-0.05, 0) is 66.0 Å². The highest BCUT2D eigenvalue weighted by molar-refractivity contribution is 7.09. The van der Waals surface area contributed by atoms with Gasteiger partial charge in [-0.25, -0.2) is 4.79 Å². The van der Waals surface area contributed by atoms with E-state index in [1.54, 1.807) is 23.2 Å². The van der Waals surface area contributed by atoms with Crippen molar-refractivity contribution in [2.45, 2.75) is 73.2 Å². The van der Waals surface area contributed by atoms with Crippen LogP contribution in [0, 0.1) is 13.8 Å². The summed E-state index contributed by atoms with van der Waals surface area (Å²) >= 11 is 1.69. The first kappa shape index (κ1) is 21.2. The van der Waals surface area contributed by atoms with E-state index in [4.69, 9.17) is 4.74 Å². The molecule has 0 saturated heterocycles. The summed E-state index contributed by atoms with van der Waals surface area (Å²) in [4.78, 5) is 28.4. The van der Waals surface area contributed by atoms with Crippen molar-refractivity contribution in [1.82, 2.24) is 9.47 Å². The number of ether oxygens (including phenoxy) is 1. The van der Waals surface area contributed by atoms with Crippen molar-refractivity contribution in [3.8, 4) is 0 Å². The summed E-state index contributed by atoms with van der Waals surface area (Å²) in [6.07, 6.45) is -0.817. The molecule has 0 fully saturated rings. The predicted octanol–water partition coefficient (Wildman–Crippen LogP) is 4.41. The standard InChI is InChI=1S/C21H30N2O3S/c1-13(2)23(14(3)4)20(24)17(7)26-21(25)19-11-15(5)22(16(19)6)12-18-9-8-10-27-18/h8-11,13-14,17H,12H2,1-7H3/t17-/m0/s1. The number of rotatable bonds is 7. The lowest BCUT2D eigenvalue weighted by atomic mass is 10.2. The maximum Gasteiger partial charge on any atom is 0.340 e. The third kappa shape index (κ3) is 4.80. The van der Waals surface area contributed by atoms with Crippen LogP contribution in [0.3, 0.4) is 0 Å². The molecular formula is C21H30N2O3S. The van der Waals surface area contributed by atoms with Gasteiger partial charge in [0.05, 0.1) is 12.1 Å². The van der Waals surface area contributed by atoms with E-state index >= 15 is 0 Å². The molecule has 1 atom stereocenters. The van der Waals surface area contributed by atoms with Crippen molar-refractivity contribution in [3.05, 3.63) is 45.4 Å². The van der Waals surface area contributed by atoms with E-state index in [1.165, 1.54) is 4.88 Å². The lowest BCUT2D eigenvalue weighted by molar-refractivity contribution is -0.143. The van der Waals surface area contributed by atoms with Crippen LogP contribution in [0.2, 0.25) is 0 Å². The molecule has 0 radical (unpaired) electrons. The Bertz CT molecular complexity index is 783. The monoisotopic (exact) mass is 390 g/mol. The molecule has 148 valence electrons. The van der Waals surface area contributed by atoms with Crippen molar-refractivity contribution in [2.24, 2.45) is 0 Å². The van der Waals surface area contributed by atoms with Crippen molar-refractivity contribution in [1.29, 1.82) is 0 Å². The molecule has 0 saturated carbocycles. The van der Waals surface area contributed by atoms with Gasteiger partial charge in [-0.1, -0.05) is 6.07 Å². The third-order valence-electron chi connectivity index (χ3n) is 4.69. The van der Waals surface area contributed by atoms with E-state index in [-0.39, 0.29) is 18.0 Å². The van der Waals surface area contributed by atoms with Gasteiger partial charge in [0.15, 0.2) is 6.10 Å². The second-order valence-corrected chi connectivity index (χ2v) is 8.46. The van der Waals surface area contributed by atoms with Crippen LogP contribution in [-0.4, -0.2) is 39.5 Å². The van der Waals surface area contributed by atoms with Gasteiger partial charge in [0, 0.05) is 28.3 Å². The molecule has 6 heteroatoms. The lowest BCUT2D eigenvalue weighted by Crippen LogP contribution is -2.47. The second-order valence-electron chi connectivity index (χ2n) is 7.43. The van der Waals surface area contributed by atoms with Gasteiger partial charge in [-0.15, -0.1) is 11.3 Å². The van der Waals surface area contributed by atoms with Crippen molar-refractivity contribution in [2.75, 3.05) is 0 Å². The first-order chi connectivity index (χ1) is 12.6. The fraction of sp³-hybridized carbons (Fsp3) is 0.524. The molecule has 5 nitrogen and oxygen atoms in total. The zero-order chi connectivity index (χ0) is 20.3. The van der Waals surface area contributed by atoms with Crippen LogP contribution in [0.1, 0.15) is 61.2 Å². The van der Waals surface area contributed by atoms with E-state index in [0.717, 1.165) is 17.9 Å². The molecule has 0 aliphatic rings. The number of carbonyl (C=O) groups is 2. The van der Waals surface area contributed by atoms with E-state index in [2.05, 4.69) is 10.6 Å². The Morgan fingerprint density at radius 3 is 2.30 bits per heavy atom. The van der Waals surface area contributed by atoms with Crippen LogP contribution in [0.4, 0.5) is 0 Å². The van der Waals surface area contributed by atoms with Crippen molar-refractivity contribution >= 4 is 23.2 Å². The van der Waals surface area contributed by atoms with Gasteiger partial charge in [-0.3, -0.25) is 4.79 Å². The Labute approximate surface area is 165 Å². The number of thiophene rings is 1. The molecule has 0 aliphatic carbocycles.